The van der Waals surface area contributed by atoms with Crippen LogP contribution in [0.15, 0.2) is 6.20 Å². The Morgan fingerprint density at radius 3 is 2.72 bits per heavy atom. The first kappa shape index (κ1) is 12.5. The highest BCUT2D eigenvalue weighted by molar-refractivity contribution is 5.92. The summed E-state index contributed by atoms with van der Waals surface area (Å²) in [7, 11) is 0. The number of nitrogens with zero attached hydrogens (tertiary/aromatic N) is 4. The van der Waals surface area contributed by atoms with Gasteiger partial charge in [0.25, 0.3) is 5.91 Å². The Kier molecular flexibility index (Phi) is 3.56. The van der Waals surface area contributed by atoms with E-state index >= 15 is 0 Å². The molecular formula is C10H15N5O3. The maximum Gasteiger partial charge on any atom is 0.325 e. The summed E-state index contributed by atoms with van der Waals surface area (Å²) in [6.45, 7) is 0.905. The van der Waals surface area contributed by atoms with Crippen LogP contribution in [0.4, 0.5) is 0 Å². The van der Waals surface area contributed by atoms with Gasteiger partial charge in [-0.3, -0.25) is 9.59 Å². The zero-order valence-corrected chi connectivity index (χ0v) is 9.82. The molecule has 0 bridgehead atoms. The number of hydrogen-bond donors (Lipinski definition) is 2. The molecule has 0 saturated carbocycles. The van der Waals surface area contributed by atoms with Gasteiger partial charge in [0.05, 0.1) is 6.20 Å². The summed E-state index contributed by atoms with van der Waals surface area (Å²) in [6, 6.07) is 0.150. The average Bonchev–Trinajstić information content (AvgIpc) is 2.76. The average molecular weight is 253 g/mol. The number of nitrogens with two attached hydrogens (primary N) is 1. The number of piperidine rings is 1. The van der Waals surface area contributed by atoms with Gasteiger partial charge in [0.1, 0.15) is 6.54 Å². The number of carboxylic acid groups (broad SMARTS) is 1. The van der Waals surface area contributed by atoms with E-state index in [9.17, 15) is 9.59 Å². The molecule has 98 valence electrons. The molecule has 1 saturated heterocycles. The van der Waals surface area contributed by atoms with Gasteiger partial charge in [0.15, 0.2) is 5.69 Å². The highest BCUT2D eigenvalue weighted by Gasteiger charge is 2.23. The van der Waals surface area contributed by atoms with E-state index in [1.54, 1.807) is 4.90 Å². The second kappa shape index (κ2) is 5.13. The fourth-order valence-corrected chi connectivity index (χ4v) is 1.88. The summed E-state index contributed by atoms with van der Waals surface area (Å²) >= 11 is 0. The Bertz CT molecular complexity index is 450. The molecule has 1 aromatic rings. The van der Waals surface area contributed by atoms with E-state index in [4.69, 9.17) is 10.8 Å². The molecular weight excluding hydrogens is 238 g/mol. The van der Waals surface area contributed by atoms with Gasteiger partial charge in [0, 0.05) is 19.1 Å². The van der Waals surface area contributed by atoms with Crippen LogP contribution in [-0.2, 0) is 11.3 Å². The lowest BCUT2D eigenvalue weighted by Gasteiger charge is -2.29. The molecule has 1 fully saturated rings. The number of aliphatic carboxylic acids is 1. The summed E-state index contributed by atoms with van der Waals surface area (Å²) in [5.41, 5.74) is 5.93. The van der Waals surface area contributed by atoms with Gasteiger partial charge in [-0.15, -0.1) is 5.10 Å². The van der Waals surface area contributed by atoms with E-state index in [-0.39, 0.29) is 24.2 Å². The summed E-state index contributed by atoms with van der Waals surface area (Å²) in [4.78, 5) is 24.2. The molecule has 1 aromatic heterocycles. The van der Waals surface area contributed by atoms with E-state index in [2.05, 4.69) is 10.3 Å². The summed E-state index contributed by atoms with van der Waals surface area (Å²) in [5, 5.41) is 15.9. The molecule has 3 N–H and O–H groups in total. The zero-order chi connectivity index (χ0) is 13.1. The number of carboxylic acids is 1. The molecule has 0 unspecified atom stereocenters. The van der Waals surface area contributed by atoms with Crippen LogP contribution in [-0.4, -0.2) is 56.0 Å². The Labute approximate surface area is 103 Å². The van der Waals surface area contributed by atoms with Crippen LogP contribution in [0.2, 0.25) is 0 Å². The van der Waals surface area contributed by atoms with Crippen molar-refractivity contribution < 1.29 is 14.7 Å². The lowest BCUT2D eigenvalue weighted by Crippen LogP contribution is -2.43. The second-order valence-corrected chi connectivity index (χ2v) is 4.32. The summed E-state index contributed by atoms with van der Waals surface area (Å²) in [5.74, 6) is -1.25. The van der Waals surface area contributed by atoms with Crippen LogP contribution in [0.1, 0.15) is 23.3 Å². The van der Waals surface area contributed by atoms with Gasteiger partial charge in [-0.2, -0.15) is 0 Å². The third-order valence-electron chi connectivity index (χ3n) is 2.88. The maximum absolute atomic E-state index is 12.0. The minimum Gasteiger partial charge on any atom is -0.480 e. The number of amides is 1. The normalized spacial score (nSPS) is 16.8. The number of aromatic nitrogens is 3. The molecule has 1 aliphatic rings. The van der Waals surface area contributed by atoms with Crippen molar-refractivity contribution in [2.45, 2.75) is 25.4 Å². The standard InChI is InChI=1S/C10H15N5O3/c11-7-1-3-14(4-2-7)10(18)8-5-15(13-12-8)6-9(16)17/h5,7H,1-4,6,11H2,(H,16,17). The third-order valence-corrected chi connectivity index (χ3v) is 2.88. The van der Waals surface area contributed by atoms with Crippen molar-refractivity contribution in [3.8, 4) is 0 Å². The quantitative estimate of drug-likeness (QED) is 0.708. The van der Waals surface area contributed by atoms with Crippen molar-refractivity contribution in [3.63, 3.8) is 0 Å². The molecule has 1 amide bonds. The van der Waals surface area contributed by atoms with Crippen molar-refractivity contribution in [2.24, 2.45) is 5.73 Å². The molecule has 0 aromatic carbocycles. The largest absolute Gasteiger partial charge is 0.480 e. The summed E-state index contributed by atoms with van der Waals surface area (Å²) in [6.07, 6.45) is 2.90. The lowest BCUT2D eigenvalue weighted by atomic mass is 10.1. The molecule has 2 rings (SSSR count). The first-order valence-corrected chi connectivity index (χ1v) is 5.73. The molecule has 8 nitrogen and oxygen atoms in total. The molecule has 2 heterocycles. The van der Waals surface area contributed by atoms with Crippen LogP contribution in [0, 0.1) is 0 Å². The van der Waals surface area contributed by atoms with E-state index in [0.717, 1.165) is 17.5 Å². The van der Waals surface area contributed by atoms with Crippen LogP contribution < -0.4 is 5.73 Å². The molecule has 0 aliphatic carbocycles. The number of carbonyl (C=O) groups excluding carboxylic acids is 1. The van der Waals surface area contributed by atoms with Crippen molar-refractivity contribution in [3.05, 3.63) is 11.9 Å². The molecule has 0 atom stereocenters. The number of carbonyl (C=O) groups is 2. The van der Waals surface area contributed by atoms with Crippen LogP contribution in [0.5, 0.6) is 0 Å². The second-order valence-electron chi connectivity index (χ2n) is 4.32. The fourth-order valence-electron chi connectivity index (χ4n) is 1.88. The van der Waals surface area contributed by atoms with E-state index in [1.807, 2.05) is 0 Å². The monoisotopic (exact) mass is 253 g/mol. The third kappa shape index (κ3) is 2.83. The fraction of sp³-hybridized carbons (Fsp3) is 0.600. The highest BCUT2D eigenvalue weighted by atomic mass is 16.4. The summed E-state index contributed by atoms with van der Waals surface area (Å²) < 4.78 is 1.13. The Morgan fingerprint density at radius 2 is 2.11 bits per heavy atom. The predicted octanol–water partition coefficient (Wildman–Crippen LogP) is -1.07. The maximum atomic E-state index is 12.0. The molecule has 8 heteroatoms. The lowest BCUT2D eigenvalue weighted by molar-refractivity contribution is -0.137. The van der Waals surface area contributed by atoms with E-state index in [1.165, 1.54) is 6.20 Å². The van der Waals surface area contributed by atoms with Gasteiger partial charge < -0.3 is 15.7 Å². The molecule has 1 aliphatic heterocycles. The van der Waals surface area contributed by atoms with Crippen LogP contribution in [0.25, 0.3) is 0 Å². The Morgan fingerprint density at radius 1 is 1.44 bits per heavy atom. The van der Waals surface area contributed by atoms with Crippen molar-refractivity contribution in [1.29, 1.82) is 0 Å². The van der Waals surface area contributed by atoms with E-state index in [0.29, 0.717) is 13.1 Å². The SMILES string of the molecule is NC1CCN(C(=O)c2cn(CC(=O)O)nn2)CC1. The van der Waals surface area contributed by atoms with Crippen molar-refractivity contribution in [2.75, 3.05) is 13.1 Å². The molecule has 0 radical (unpaired) electrons. The minimum absolute atomic E-state index is 0.150. The topological polar surface area (TPSA) is 114 Å². The number of rotatable bonds is 3. The zero-order valence-electron chi connectivity index (χ0n) is 9.82. The van der Waals surface area contributed by atoms with Crippen LogP contribution >= 0.6 is 0 Å². The first-order valence-electron chi connectivity index (χ1n) is 5.73. The predicted molar refractivity (Wildman–Crippen MR) is 60.8 cm³/mol. The highest BCUT2D eigenvalue weighted by Crippen LogP contribution is 2.11. The van der Waals surface area contributed by atoms with E-state index < -0.39 is 5.97 Å². The number of hydrogen-bond acceptors (Lipinski definition) is 5. The van der Waals surface area contributed by atoms with Gasteiger partial charge in [-0.1, -0.05) is 5.21 Å². The van der Waals surface area contributed by atoms with Crippen molar-refractivity contribution >= 4 is 11.9 Å². The van der Waals surface area contributed by atoms with Crippen LogP contribution in [0.3, 0.4) is 0 Å². The van der Waals surface area contributed by atoms with Crippen molar-refractivity contribution in [1.82, 2.24) is 19.9 Å². The first-order chi connectivity index (χ1) is 8.56. The van der Waals surface area contributed by atoms with Gasteiger partial charge in [-0.05, 0) is 12.8 Å². The molecule has 0 spiro atoms. The smallest absolute Gasteiger partial charge is 0.325 e. The Balaban J connectivity index is 2.00. The van der Waals surface area contributed by atoms with Gasteiger partial charge in [0.2, 0.25) is 0 Å². The van der Waals surface area contributed by atoms with Gasteiger partial charge in [-0.25, -0.2) is 4.68 Å². The Hall–Kier alpha value is -1.96. The number of likely N-dealkylation sites (tertiary alicyclic amines) is 1. The molecule has 18 heavy (non-hydrogen) atoms. The van der Waals surface area contributed by atoms with Gasteiger partial charge >= 0.3 is 5.97 Å². The minimum atomic E-state index is -1.03.